The molecule has 1 aliphatic heterocycles. The summed E-state index contributed by atoms with van der Waals surface area (Å²) in [7, 11) is -3.70. The normalized spacial score (nSPS) is 20.5. The fourth-order valence-electron chi connectivity index (χ4n) is 1.90. The maximum Gasteiger partial charge on any atom is 0.261 e. The third-order valence-electron chi connectivity index (χ3n) is 2.92. The summed E-state index contributed by atoms with van der Waals surface area (Å²) < 4.78 is 27.8. The van der Waals surface area contributed by atoms with Crippen LogP contribution in [-0.4, -0.2) is 27.0 Å². The van der Waals surface area contributed by atoms with Crippen LogP contribution in [0.5, 0.6) is 5.75 Å². The molecule has 1 aliphatic rings. The van der Waals surface area contributed by atoms with Crippen LogP contribution in [0.1, 0.15) is 19.3 Å². The van der Waals surface area contributed by atoms with Crippen LogP contribution in [0.4, 0.5) is 0 Å². The first-order chi connectivity index (χ1) is 8.97. The Labute approximate surface area is 112 Å². The van der Waals surface area contributed by atoms with Crippen LogP contribution in [0, 0.1) is 0 Å². The van der Waals surface area contributed by atoms with Crippen molar-refractivity contribution in [1.82, 2.24) is 5.32 Å². The van der Waals surface area contributed by atoms with Crippen molar-refractivity contribution in [2.45, 2.75) is 30.3 Å². The van der Waals surface area contributed by atoms with Crippen molar-refractivity contribution in [3.63, 3.8) is 0 Å². The van der Waals surface area contributed by atoms with E-state index >= 15 is 0 Å². The van der Waals surface area contributed by atoms with E-state index in [0.29, 0.717) is 18.7 Å². The Morgan fingerprint density at radius 1 is 1.21 bits per heavy atom. The summed E-state index contributed by atoms with van der Waals surface area (Å²) in [6.45, 7) is 0.670. The van der Waals surface area contributed by atoms with Crippen molar-refractivity contribution >= 4 is 15.9 Å². The summed E-state index contributed by atoms with van der Waals surface area (Å²) in [5, 5.41) is 7.77. The smallest absolute Gasteiger partial charge is 0.261 e. The number of sulfonamides is 1. The van der Waals surface area contributed by atoms with E-state index in [1.165, 1.54) is 24.3 Å². The standard InChI is InChI=1S/C12H16N2O4S/c13-19(16,17)10-6-4-9(5-7-10)18-11-3-1-2-8-14-12(11)15/h4-7,11H,1-3,8H2,(H,14,15)(H2,13,16,17). The molecule has 0 radical (unpaired) electrons. The summed E-state index contributed by atoms with van der Waals surface area (Å²) in [6, 6.07) is 5.72. The first-order valence-electron chi connectivity index (χ1n) is 6.04. The van der Waals surface area contributed by atoms with Crippen molar-refractivity contribution in [2.75, 3.05) is 6.54 Å². The van der Waals surface area contributed by atoms with E-state index in [1.54, 1.807) is 0 Å². The number of nitrogens with two attached hydrogens (primary N) is 1. The van der Waals surface area contributed by atoms with Gasteiger partial charge in [-0.3, -0.25) is 4.79 Å². The lowest BCUT2D eigenvalue weighted by Crippen LogP contribution is -2.36. The average molecular weight is 284 g/mol. The summed E-state index contributed by atoms with van der Waals surface area (Å²) >= 11 is 0. The number of rotatable bonds is 3. The Hall–Kier alpha value is -1.60. The Kier molecular flexibility index (Phi) is 4.06. The lowest BCUT2D eigenvalue weighted by molar-refractivity contribution is -0.127. The molecule has 1 heterocycles. The van der Waals surface area contributed by atoms with Crippen molar-refractivity contribution < 1.29 is 17.9 Å². The molecule has 1 fully saturated rings. The molecule has 0 spiro atoms. The average Bonchev–Trinajstić information content (AvgIpc) is 2.55. The second-order valence-electron chi connectivity index (χ2n) is 4.41. The van der Waals surface area contributed by atoms with Gasteiger partial charge in [-0.2, -0.15) is 0 Å². The van der Waals surface area contributed by atoms with Crippen LogP contribution in [-0.2, 0) is 14.8 Å². The molecule has 1 aromatic rings. The summed E-state index contributed by atoms with van der Waals surface area (Å²) in [5.41, 5.74) is 0. The van der Waals surface area contributed by atoms with Crippen molar-refractivity contribution in [3.8, 4) is 5.75 Å². The van der Waals surface area contributed by atoms with Crippen molar-refractivity contribution in [2.24, 2.45) is 5.14 Å². The number of ether oxygens (including phenoxy) is 1. The van der Waals surface area contributed by atoms with Crippen molar-refractivity contribution in [3.05, 3.63) is 24.3 Å². The summed E-state index contributed by atoms with van der Waals surface area (Å²) in [4.78, 5) is 11.7. The molecule has 0 bridgehead atoms. The van der Waals surface area contributed by atoms with Crippen LogP contribution in [0.2, 0.25) is 0 Å². The predicted octanol–water partition coefficient (Wildman–Crippen LogP) is 0.382. The fraction of sp³-hybridized carbons (Fsp3) is 0.417. The molecule has 6 nitrogen and oxygen atoms in total. The zero-order chi connectivity index (χ0) is 13.9. The number of hydrogen-bond acceptors (Lipinski definition) is 4. The van der Waals surface area contributed by atoms with E-state index in [1.807, 2.05) is 0 Å². The Morgan fingerprint density at radius 2 is 1.89 bits per heavy atom. The first kappa shape index (κ1) is 13.8. The molecular weight excluding hydrogens is 268 g/mol. The van der Waals surface area contributed by atoms with E-state index in [2.05, 4.69) is 5.32 Å². The van der Waals surface area contributed by atoms with Crippen molar-refractivity contribution in [1.29, 1.82) is 0 Å². The van der Waals surface area contributed by atoms with Gasteiger partial charge in [0.05, 0.1) is 4.90 Å². The lowest BCUT2D eigenvalue weighted by atomic mass is 10.2. The Morgan fingerprint density at radius 3 is 2.53 bits per heavy atom. The number of nitrogens with one attached hydrogen (secondary N) is 1. The van der Waals surface area contributed by atoms with Gasteiger partial charge in [-0.05, 0) is 43.5 Å². The van der Waals surface area contributed by atoms with Crippen LogP contribution in [0.15, 0.2) is 29.2 Å². The van der Waals surface area contributed by atoms with Gasteiger partial charge in [0.15, 0.2) is 6.10 Å². The van der Waals surface area contributed by atoms with Crippen LogP contribution >= 0.6 is 0 Å². The molecular formula is C12H16N2O4S. The molecule has 0 aromatic heterocycles. The number of carbonyl (C=O) groups excluding carboxylic acids is 1. The van der Waals surface area contributed by atoms with Gasteiger partial charge >= 0.3 is 0 Å². The molecule has 0 saturated carbocycles. The van der Waals surface area contributed by atoms with Gasteiger partial charge < -0.3 is 10.1 Å². The van der Waals surface area contributed by atoms with E-state index in [0.717, 1.165) is 12.8 Å². The van der Waals surface area contributed by atoms with Gasteiger partial charge in [0.1, 0.15) is 5.75 Å². The molecule has 7 heteroatoms. The zero-order valence-corrected chi connectivity index (χ0v) is 11.2. The van der Waals surface area contributed by atoms with Gasteiger partial charge in [-0.25, -0.2) is 13.6 Å². The van der Waals surface area contributed by atoms with Gasteiger partial charge in [0, 0.05) is 6.54 Å². The summed E-state index contributed by atoms with van der Waals surface area (Å²) in [6.07, 6.45) is 1.99. The number of amides is 1. The van der Waals surface area contributed by atoms with Crippen LogP contribution in [0.3, 0.4) is 0 Å². The van der Waals surface area contributed by atoms with Gasteiger partial charge in [0.2, 0.25) is 10.0 Å². The third kappa shape index (κ3) is 3.68. The maximum absolute atomic E-state index is 11.7. The highest BCUT2D eigenvalue weighted by atomic mass is 32.2. The molecule has 1 amide bonds. The van der Waals surface area contributed by atoms with E-state index < -0.39 is 16.1 Å². The number of hydrogen-bond donors (Lipinski definition) is 2. The molecule has 1 atom stereocenters. The van der Waals surface area contributed by atoms with Gasteiger partial charge in [-0.15, -0.1) is 0 Å². The third-order valence-corrected chi connectivity index (χ3v) is 3.84. The molecule has 19 heavy (non-hydrogen) atoms. The minimum Gasteiger partial charge on any atom is -0.481 e. The van der Waals surface area contributed by atoms with Gasteiger partial charge in [-0.1, -0.05) is 0 Å². The highest BCUT2D eigenvalue weighted by Gasteiger charge is 2.22. The predicted molar refractivity (Wildman–Crippen MR) is 69.1 cm³/mol. The minimum absolute atomic E-state index is 0.0187. The Bertz CT molecular complexity index is 554. The molecule has 1 saturated heterocycles. The molecule has 3 N–H and O–H groups in total. The molecule has 1 aromatic carbocycles. The van der Waals surface area contributed by atoms with Crippen LogP contribution < -0.4 is 15.2 Å². The van der Waals surface area contributed by atoms with Crippen LogP contribution in [0.25, 0.3) is 0 Å². The monoisotopic (exact) mass is 284 g/mol. The highest BCUT2D eigenvalue weighted by molar-refractivity contribution is 7.89. The lowest BCUT2D eigenvalue weighted by Gasteiger charge is -2.15. The van der Waals surface area contributed by atoms with Gasteiger partial charge in [0.25, 0.3) is 5.91 Å². The highest BCUT2D eigenvalue weighted by Crippen LogP contribution is 2.18. The maximum atomic E-state index is 11.7. The second-order valence-corrected chi connectivity index (χ2v) is 5.97. The largest absolute Gasteiger partial charge is 0.481 e. The zero-order valence-electron chi connectivity index (χ0n) is 10.3. The number of carbonyl (C=O) groups is 1. The molecule has 104 valence electrons. The minimum atomic E-state index is -3.70. The number of primary sulfonamides is 1. The second kappa shape index (κ2) is 5.58. The van der Waals surface area contributed by atoms with E-state index in [9.17, 15) is 13.2 Å². The number of benzene rings is 1. The van der Waals surface area contributed by atoms with E-state index in [-0.39, 0.29) is 10.8 Å². The quantitative estimate of drug-likeness (QED) is 0.838. The SMILES string of the molecule is NS(=O)(=O)c1ccc(OC2CCCCNC2=O)cc1. The molecule has 2 rings (SSSR count). The molecule has 1 unspecified atom stereocenters. The Balaban J connectivity index is 2.08. The summed E-state index contributed by atoms with van der Waals surface area (Å²) in [5.74, 6) is 0.322. The topological polar surface area (TPSA) is 98.5 Å². The molecule has 0 aliphatic carbocycles. The van der Waals surface area contributed by atoms with E-state index in [4.69, 9.17) is 9.88 Å². The first-order valence-corrected chi connectivity index (χ1v) is 7.59. The fourth-order valence-corrected chi connectivity index (χ4v) is 2.41.